The highest BCUT2D eigenvalue weighted by atomic mass is 35.5. The molecule has 0 saturated carbocycles. The van der Waals surface area contributed by atoms with Crippen molar-refractivity contribution in [2.75, 3.05) is 0 Å². The van der Waals surface area contributed by atoms with Gasteiger partial charge < -0.3 is 5.73 Å². The fourth-order valence-electron chi connectivity index (χ4n) is 0.389. The van der Waals surface area contributed by atoms with Gasteiger partial charge in [0.15, 0.2) is 0 Å². The van der Waals surface area contributed by atoms with Crippen LogP contribution in [0.1, 0.15) is 4.88 Å². The molecule has 0 aliphatic carbocycles. The molecule has 0 aromatic carbocycles. The average molecular weight is 185 g/mol. The Morgan fingerprint density at radius 3 is 2.67 bits per heavy atom. The third kappa shape index (κ3) is 2.10. The van der Waals surface area contributed by atoms with Crippen LogP contribution in [-0.2, 0) is 6.54 Å². The number of hydrogen-bond acceptors (Lipinski definition) is 3. The predicted molar refractivity (Wildman–Crippen MR) is 42.3 cm³/mol. The molecule has 0 spiro atoms. The van der Waals surface area contributed by atoms with Gasteiger partial charge in [-0.05, 0) is 0 Å². The zero-order valence-corrected chi connectivity index (χ0v) is 6.89. The van der Waals surface area contributed by atoms with Crippen molar-refractivity contribution < 1.29 is 0 Å². The highest BCUT2D eigenvalue weighted by molar-refractivity contribution is 7.10. The van der Waals surface area contributed by atoms with E-state index in [9.17, 15) is 0 Å². The number of nitrogens with zero attached hydrogens (tertiary/aromatic N) is 1. The Hall–Kier alpha value is 0.170. The lowest BCUT2D eigenvalue weighted by molar-refractivity contribution is 1.10. The molecule has 2 N–H and O–H groups in total. The van der Waals surface area contributed by atoms with Crippen molar-refractivity contribution in [2.24, 2.45) is 5.73 Å². The molecule has 0 bridgehead atoms. The van der Waals surface area contributed by atoms with Crippen molar-refractivity contribution in [3.63, 3.8) is 0 Å². The van der Waals surface area contributed by atoms with Gasteiger partial charge in [-0.25, -0.2) is 4.98 Å². The smallest absolute Gasteiger partial charge is 0.144 e. The maximum absolute atomic E-state index is 5.56. The van der Waals surface area contributed by atoms with Crippen molar-refractivity contribution in [3.05, 3.63) is 15.5 Å². The van der Waals surface area contributed by atoms with Crippen LogP contribution in [0.2, 0.25) is 5.15 Å². The van der Waals surface area contributed by atoms with Gasteiger partial charge in [-0.1, -0.05) is 11.6 Å². The summed E-state index contributed by atoms with van der Waals surface area (Å²) in [7, 11) is 0. The quantitative estimate of drug-likeness (QED) is 0.722. The van der Waals surface area contributed by atoms with Gasteiger partial charge in [0.1, 0.15) is 5.15 Å². The van der Waals surface area contributed by atoms with Gasteiger partial charge >= 0.3 is 0 Å². The molecule has 0 fully saturated rings. The van der Waals surface area contributed by atoms with Gasteiger partial charge in [-0.15, -0.1) is 23.7 Å². The molecule has 0 amide bonds. The van der Waals surface area contributed by atoms with Gasteiger partial charge in [0.05, 0.1) is 10.4 Å². The van der Waals surface area contributed by atoms with Crippen LogP contribution in [0.15, 0.2) is 5.51 Å². The van der Waals surface area contributed by atoms with Gasteiger partial charge in [-0.3, -0.25) is 0 Å². The van der Waals surface area contributed by atoms with E-state index in [1.807, 2.05) is 0 Å². The number of rotatable bonds is 1. The second-order valence-electron chi connectivity index (χ2n) is 1.27. The minimum absolute atomic E-state index is 0. The Bertz CT molecular complexity index is 177. The van der Waals surface area contributed by atoms with Crippen molar-refractivity contribution in [1.29, 1.82) is 0 Å². The molecule has 0 atom stereocenters. The molecule has 0 saturated heterocycles. The van der Waals surface area contributed by atoms with Crippen LogP contribution >= 0.6 is 35.3 Å². The molecule has 52 valence electrons. The summed E-state index contributed by atoms with van der Waals surface area (Å²) in [5, 5.41) is 0.539. The molecule has 1 rings (SSSR count). The van der Waals surface area contributed by atoms with E-state index in [0.717, 1.165) is 4.88 Å². The summed E-state index contributed by atoms with van der Waals surface area (Å²) in [6.45, 7) is 0.490. The Morgan fingerprint density at radius 1 is 1.78 bits per heavy atom. The van der Waals surface area contributed by atoms with Crippen molar-refractivity contribution >= 4 is 35.3 Å². The van der Waals surface area contributed by atoms with Crippen molar-refractivity contribution in [1.82, 2.24) is 4.98 Å². The lowest BCUT2D eigenvalue weighted by Gasteiger charge is -1.83. The first kappa shape index (κ1) is 9.17. The molecule has 2 nitrogen and oxygen atoms in total. The number of thiazole rings is 1. The highest BCUT2D eigenvalue weighted by Gasteiger charge is 1.97. The molecule has 0 aliphatic heterocycles. The number of aromatic nitrogens is 1. The lowest BCUT2D eigenvalue weighted by Crippen LogP contribution is -1.92. The van der Waals surface area contributed by atoms with Crippen LogP contribution in [0, 0.1) is 0 Å². The Balaban J connectivity index is 0.000000640. The summed E-state index contributed by atoms with van der Waals surface area (Å²) >= 11 is 7.04. The normalized spacial score (nSPS) is 8.67. The van der Waals surface area contributed by atoms with Crippen LogP contribution in [0.3, 0.4) is 0 Å². The van der Waals surface area contributed by atoms with E-state index in [1.165, 1.54) is 11.3 Å². The molecule has 1 aromatic rings. The number of hydrogen-bond donors (Lipinski definition) is 1. The van der Waals surface area contributed by atoms with Crippen LogP contribution in [0.4, 0.5) is 0 Å². The standard InChI is InChI=1S/C4H5ClN2S.ClH/c5-4-3(1-6)8-2-7-4;/h2H,1,6H2;1H. The van der Waals surface area contributed by atoms with E-state index in [-0.39, 0.29) is 12.4 Å². The fraction of sp³-hybridized carbons (Fsp3) is 0.250. The van der Waals surface area contributed by atoms with Gasteiger partial charge in [0.25, 0.3) is 0 Å². The summed E-state index contributed by atoms with van der Waals surface area (Å²) in [6.07, 6.45) is 0. The Kier molecular flexibility index (Phi) is 4.14. The lowest BCUT2D eigenvalue weighted by atomic mass is 10.6. The van der Waals surface area contributed by atoms with Crippen LogP contribution in [0.5, 0.6) is 0 Å². The van der Waals surface area contributed by atoms with E-state index in [1.54, 1.807) is 5.51 Å². The first-order chi connectivity index (χ1) is 3.84. The first-order valence-corrected chi connectivity index (χ1v) is 3.38. The number of nitrogens with two attached hydrogens (primary N) is 1. The second-order valence-corrected chi connectivity index (χ2v) is 2.57. The monoisotopic (exact) mass is 184 g/mol. The highest BCUT2D eigenvalue weighted by Crippen LogP contribution is 2.16. The molecular formula is C4H6Cl2N2S. The zero-order valence-electron chi connectivity index (χ0n) is 4.50. The summed E-state index contributed by atoms with van der Waals surface area (Å²) in [5.74, 6) is 0. The SMILES string of the molecule is Cl.NCc1scnc1Cl. The third-order valence-corrected chi connectivity index (χ3v) is 2.07. The van der Waals surface area contributed by atoms with E-state index < -0.39 is 0 Å². The molecule has 0 unspecified atom stereocenters. The summed E-state index contributed by atoms with van der Waals surface area (Å²) in [4.78, 5) is 4.74. The Morgan fingerprint density at radius 2 is 2.44 bits per heavy atom. The molecule has 1 aromatic heterocycles. The predicted octanol–water partition coefficient (Wildman–Crippen LogP) is 1.68. The first-order valence-electron chi connectivity index (χ1n) is 2.12. The maximum atomic E-state index is 5.56. The number of halogens is 2. The summed E-state index contributed by atoms with van der Waals surface area (Å²) in [5.41, 5.74) is 6.97. The summed E-state index contributed by atoms with van der Waals surface area (Å²) in [6, 6.07) is 0. The zero-order chi connectivity index (χ0) is 5.98. The summed E-state index contributed by atoms with van der Waals surface area (Å²) < 4.78 is 0. The average Bonchev–Trinajstić information content (AvgIpc) is 2.14. The molecule has 0 radical (unpaired) electrons. The second kappa shape index (κ2) is 4.06. The minimum atomic E-state index is 0. The molecule has 0 aliphatic rings. The molecule has 9 heavy (non-hydrogen) atoms. The minimum Gasteiger partial charge on any atom is -0.326 e. The Labute approximate surface area is 68.5 Å². The molecular weight excluding hydrogens is 179 g/mol. The fourth-order valence-corrected chi connectivity index (χ4v) is 1.24. The van der Waals surface area contributed by atoms with E-state index in [0.29, 0.717) is 11.7 Å². The largest absolute Gasteiger partial charge is 0.326 e. The topological polar surface area (TPSA) is 38.9 Å². The van der Waals surface area contributed by atoms with Crippen LogP contribution in [0.25, 0.3) is 0 Å². The van der Waals surface area contributed by atoms with Crippen molar-refractivity contribution in [3.8, 4) is 0 Å². The van der Waals surface area contributed by atoms with Gasteiger partial charge in [0.2, 0.25) is 0 Å². The van der Waals surface area contributed by atoms with E-state index >= 15 is 0 Å². The van der Waals surface area contributed by atoms with Crippen molar-refractivity contribution in [2.45, 2.75) is 6.54 Å². The molecule has 1 heterocycles. The van der Waals surface area contributed by atoms with E-state index in [4.69, 9.17) is 17.3 Å². The van der Waals surface area contributed by atoms with E-state index in [2.05, 4.69) is 4.98 Å². The van der Waals surface area contributed by atoms with Crippen LogP contribution < -0.4 is 5.73 Å². The van der Waals surface area contributed by atoms with Gasteiger partial charge in [0, 0.05) is 6.54 Å². The third-order valence-electron chi connectivity index (χ3n) is 0.776. The van der Waals surface area contributed by atoms with Crippen LogP contribution in [-0.4, -0.2) is 4.98 Å². The van der Waals surface area contributed by atoms with Gasteiger partial charge in [-0.2, -0.15) is 0 Å². The molecule has 5 heteroatoms. The maximum Gasteiger partial charge on any atom is 0.144 e.